The van der Waals surface area contributed by atoms with Crippen LogP contribution in [-0.4, -0.2) is 28.9 Å². The molecule has 3 rings (SSSR count). The summed E-state index contributed by atoms with van der Waals surface area (Å²) in [6, 6.07) is 6.26. The van der Waals surface area contributed by atoms with Crippen molar-refractivity contribution in [1.29, 1.82) is 0 Å². The summed E-state index contributed by atoms with van der Waals surface area (Å²) in [4.78, 5) is 3.61. The van der Waals surface area contributed by atoms with Crippen LogP contribution in [0.15, 0.2) is 47.4 Å². The fourth-order valence-electron chi connectivity index (χ4n) is 2.85. The molecule has 0 atom stereocenters. The van der Waals surface area contributed by atoms with Crippen LogP contribution in [0.4, 0.5) is 26.3 Å². The molecule has 2 aromatic carbocycles. The van der Waals surface area contributed by atoms with Gasteiger partial charge in [0, 0.05) is 18.2 Å². The lowest BCUT2D eigenvalue weighted by Crippen LogP contribution is -2.11. The van der Waals surface area contributed by atoms with Crippen LogP contribution in [0.5, 0.6) is 0 Å². The molecule has 0 saturated heterocycles. The summed E-state index contributed by atoms with van der Waals surface area (Å²) in [6.45, 7) is 1.30. The second-order valence-corrected chi connectivity index (χ2v) is 8.82. The number of nitrogens with zero attached hydrogens (tertiary/aromatic N) is 3. The van der Waals surface area contributed by atoms with Crippen molar-refractivity contribution < 1.29 is 34.8 Å². The fourth-order valence-corrected chi connectivity index (χ4v) is 3.96. The van der Waals surface area contributed by atoms with Gasteiger partial charge in [0.05, 0.1) is 21.8 Å². The van der Waals surface area contributed by atoms with E-state index in [1.807, 2.05) is 0 Å². The molecule has 0 fully saturated rings. The largest absolute Gasteiger partial charge is 0.416 e. The smallest absolute Gasteiger partial charge is 0.248 e. The van der Waals surface area contributed by atoms with E-state index >= 15 is 0 Å². The van der Waals surface area contributed by atoms with Crippen LogP contribution in [0.2, 0.25) is 0 Å². The lowest BCUT2D eigenvalue weighted by atomic mass is 10.1. The second kappa shape index (κ2) is 7.66. The minimum atomic E-state index is -4.75. The second-order valence-electron chi connectivity index (χ2n) is 6.57. The summed E-state index contributed by atoms with van der Waals surface area (Å²) in [5.74, 6) is -0.494. The maximum atomic E-state index is 13.1. The molecule has 0 N–H and O–H groups in total. The number of alkyl halides is 6. The summed E-state index contributed by atoms with van der Waals surface area (Å²) < 4.78 is 104. The van der Waals surface area contributed by atoms with Crippen LogP contribution < -0.4 is 0 Å². The first-order valence-corrected chi connectivity index (χ1v) is 10.4. The average Bonchev–Trinajstić information content (AvgIpc) is 3.07. The first kappa shape index (κ1) is 22.8. The molecule has 5 nitrogen and oxygen atoms in total. The summed E-state index contributed by atoms with van der Waals surface area (Å²) in [6.07, 6.45) is -9.27. The molecule has 166 valence electrons. The summed E-state index contributed by atoms with van der Waals surface area (Å²) in [7, 11) is -2.66. The molecule has 1 aromatic heterocycles. The highest BCUT2D eigenvalue weighted by Crippen LogP contribution is 2.36. The van der Waals surface area contributed by atoms with Crippen LogP contribution in [0.3, 0.4) is 0 Å². The van der Waals surface area contributed by atoms with Crippen LogP contribution in [0.25, 0.3) is 22.8 Å². The lowest BCUT2D eigenvalue weighted by molar-refractivity contribution is -0.138. The molecule has 0 spiro atoms. The Balaban J connectivity index is 2.13. The Bertz CT molecular complexity index is 1210. The van der Waals surface area contributed by atoms with E-state index in [4.69, 9.17) is 0 Å². The van der Waals surface area contributed by atoms with E-state index < -0.39 is 44.0 Å². The first-order chi connectivity index (χ1) is 14.2. The number of sulfone groups is 1. The minimum Gasteiger partial charge on any atom is -0.248 e. The molecule has 0 unspecified atom stereocenters. The Labute approximate surface area is 173 Å². The zero-order valence-electron chi connectivity index (χ0n) is 16.1. The van der Waals surface area contributed by atoms with Gasteiger partial charge >= 0.3 is 12.4 Å². The Kier molecular flexibility index (Phi) is 5.63. The highest BCUT2D eigenvalue weighted by atomic mass is 32.2. The van der Waals surface area contributed by atoms with E-state index in [2.05, 4.69) is 10.1 Å². The number of benzene rings is 2. The number of hydrogen-bond donors (Lipinski definition) is 0. The maximum Gasteiger partial charge on any atom is 0.416 e. The monoisotopic (exact) mass is 463 g/mol. The van der Waals surface area contributed by atoms with Crippen molar-refractivity contribution in [1.82, 2.24) is 14.8 Å². The molecule has 3 aromatic rings. The quantitative estimate of drug-likeness (QED) is 0.512. The molecular weight excluding hydrogens is 448 g/mol. The van der Waals surface area contributed by atoms with Crippen molar-refractivity contribution in [3.05, 3.63) is 53.6 Å². The van der Waals surface area contributed by atoms with Gasteiger partial charge in [0.15, 0.2) is 21.5 Å². The van der Waals surface area contributed by atoms with Gasteiger partial charge in [-0.3, -0.25) is 0 Å². The number of hydrogen-bond acceptors (Lipinski definition) is 4. The van der Waals surface area contributed by atoms with Crippen molar-refractivity contribution in [2.75, 3.05) is 5.75 Å². The van der Waals surface area contributed by atoms with E-state index in [9.17, 15) is 34.8 Å². The number of aryl methyl sites for hydroxylation is 1. The molecule has 0 bridgehead atoms. The van der Waals surface area contributed by atoms with E-state index in [-0.39, 0.29) is 22.8 Å². The van der Waals surface area contributed by atoms with Crippen molar-refractivity contribution >= 4 is 9.84 Å². The SMILES string of the molecule is CCS(=O)(=O)c1cc(C(F)(F)F)ccc1-c1nc(-c2ccc(C(F)(F)F)cc2)nn1C. The Morgan fingerprint density at radius 3 is 1.97 bits per heavy atom. The predicted molar refractivity (Wildman–Crippen MR) is 99.6 cm³/mol. The predicted octanol–water partition coefficient (Wildman–Crippen LogP) is 4.98. The van der Waals surface area contributed by atoms with Crippen molar-refractivity contribution in [2.45, 2.75) is 24.2 Å². The zero-order valence-corrected chi connectivity index (χ0v) is 16.9. The molecule has 0 radical (unpaired) electrons. The molecule has 0 amide bonds. The van der Waals surface area contributed by atoms with Crippen LogP contribution in [-0.2, 0) is 29.2 Å². The van der Waals surface area contributed by atoms with Gasteiger partial charge in [0.2, 0.25) is 0 Å². The molecule has 0 saturated carbocycles. The van der Waals surface area contributed by atoms with Gasteiger partial charge in [-0.25, -0.2) is 18.1 Å². The van der Waals surface area contributed by atoms with Gasteiger partial charge < -0.3 is 0 Å². The van der Waals surface area contributed by atoms with Gasteiger partial charge in [0.25, 0.3) is 0 Å². The number of halogens is 6. The van der Waals surface area contributed by atoms with Gasteiger partial charge in [-0.2, -0.15) is 31.4 Å². The van der Waals surface area contributed by atoms with Gasteiger partial charge in [-0.15, -0.1) is 0 Å². The molecule has 12 heteroatoms. The number of rotatable bonds is 4. The van der Waals surface area contributed by atoms with Crippen molar-refractivity contribution in [3.63, 3.8) is 0 Å². The van der Waals surface area contributed by atoms with Gasteiger partial charge in [0.1, 0.15) is 0 Å². The van der Waals surface area contributed by atoms with Gasteiger partial charge in [-0.05, 0) is 30.3 Å². The highest BCUT2D eigenvalue weighted by molar-refractivity contribution is 7.91. The topological polar surface area (TPSA) is 64.8 Å². The van der Waals surface area contributed by atoms with Crippen LogP contribution in [0.1, 0.15) is 18.1 Å². The van der Waals surface area contributed by atoms with E-state index in [1.165, 1.54) is 14.0 Å². The maximum absolute atomic E-state index is 13.1. The highest BCUT2D eigenvalue weighted by Gasteiger charge is 2.34. The fraction of sp³-hybridized carbons (Fsp3) is 0.263. The van der Waals surface area contributed by atoms with Crippen molar-refractivity contribution in [3.8, 4) is 22.8 Å². The normalized spacial score (nSPS) is 12.9. The number of aromatic nitrogens is 3. The minimum absolute atomic E-state index is 0.00836. The molecular formula is C19H15F6N3O2S. The molecule has 0 aliphatic carbocycles. The molecule has 31 heavy (non-hydrogen) atoms. The standard InChI is InChI=1S/C19H15F6N3O2S/c1-3-31(29,30)15-10-13(19(23,24)25)8-9-14(15)17-26-16(27-28(17)2)11-4-6-12(7-5-11)18(20,21)22/h4-10H,3H2,1-2H3. The van der Waals surface area contributed by atoms with Crippen molar-refractivity contribution in [2.24, 2.45) is 7.05 Å². The van der Waals surface area contributed by atoms with E-state index in [1.54, 1.807) is 0 Å². The Morgan fingerprint density at radius 1 is 0.903 bits per heavy atom. The first-order valence-electron chi connectivity index (χ1n) is 8.77. The summed E-state index contributed by atoms with van der Waals surface area (Å²) in [5, 5.41) is 4.08. The third kappa shape index (κ3) is 4.58. The Morgan fingerprint density at radius 2 is 1.45 bits per heavy atom. The van der Waals surface area contributed by atoms with Crippen LogP contribution >= 0.6 is 0 Å². The van der Waals surface area contributed by atoms with E-state index in [0.717, 1.165) is 41.1 Å². The molecule has 1 heterocycles. The average molecular weight is 463 g/mol. The molecule has 0 aliphatic heterocycles. The zero-order chi connectivity index (χ0) is 23.2. The third-order valence-electron chi connectivity index (χ3n) is 4.50. The third-order valence-corrected chi connectivity index (χ3v) is 6.27. The van der Waals surface area contributed by atoms with E-state index in [0.29, 0.717) is 6.07 Å². The summed E-state index contributed by atoms with van der Waals surface area (Å²) in [5.41, 5.74) is -1.87. The van der Waals surface area contributed by atoms with Gasteiger partial charge in [-0.1, -0.05) is 19.1 Å². The Hall–Kier alpha value is -2.89. The summed E-state index contributed by atoms with van der Waals surface area (Å²) >= 11 is 0. The molecule has 0 aliphatic rings. The lowest BCUT2D eigenvalue weighted by Gasteiger charge is -2.13. The van der Waals surface area contributed by atoms with Crippen LogP contribution in [0, 0.1) is 0 Å².